The lowest BCUT2D eigenvalue weighted by atomic mass is 10.0. The van der Waals surface area contributed by atoms with E-state index in [1.54, 1.807) is 0 Å². The Balaban J connectivity index is 2.70. The van der Waals surface area contributed by atoms with Crippen LogP contribution in [-0.2, 0) is 4.79 Å². The molecule has 0 saturated heterocycles. The lowest BCUT2D eigenvalue weighted by molar-refractivity contribution is -0.123. The Labute approximate surface area is 90.7 Å². The van der Waals surface area contributed by atoms with Crippen LogP contribution in [0.3, 0.4) is 0 Å². The average molecular weight is 206 g/mol. The second-order valence-electron chi connectivity index (χ2n) is 4.63. The van der Waals surface area contributed by atoms with E-state index >= 15 is 0 Å². The molecule has 0 saturated carbocycles. The number of nitrogens with two attached hydrogens (primary N) is 1. The maximum atomic E-state index is 11.7. The normalized spacial score (nSPS) is 13.3. The predicted octanol–water partition coefficient (Wildman–Crippen LogP) is 1.60. The molecule has 0 aromatic heterocycles. The number of benzene rings is 1. The highest BCUT2D eigenvalue weighted by Crippen LogP contribution is 2.11. The number of rotatable bonds is 2. The van der Waals surface area contributed by atoms with Crippen molar-refractivity contribution in [1.82, 2.24) is 5.32 Å². The molecule has 0 aliphatic carbocycles. The molecule has 1 aromatic carbocycles. The highest BCUT2D eigenvalue weighted by Gasteiger charge is 2.20. The smallest absolute Gasteiger partial charge is 0.241 e. The van der Waals surface area contributed by atoms with Gasteiger partial charge in [-0.25, -0.2) is 0 Å². The van der Waals surface area contributed by atoms with Crippen LogP contribution in [0.1, 0.15) is 32.4 Å². The third-order valence-corrected chi connectivity index (χ3v) is 1.94. The standard InChI is InChI=1S/C12H18N2O/c1-12(2,3)14-11(15)10(13)9-7-5-4-6-8-9/h4-8,10H,13H2,1-3H3,(H,14,15)/t10-/m1/s1. The van der Waals surface area contributed by atoms with Crippen molar-refractivity contribution < 1.29 is 4.79 Å². The SMILES string of the molecule is CC(C)(C)NC(=O)[C@H](N)c1ccccc1. The van der Waals surface area contributed by atoms with Crippen LogP contribution < -0.4 is 11.1 Å². The summed E-state index contributed by atoms with van der Waals surface area (Å²) in [6.07, 6.45) is 0. The summed E-state index contributed by atoms with van der Waals surface area (Å²) in [6, 6.07) is 8.77. The Hall–Kier alpha value is -1.35. The molecule has 0 aliphatic heterocycles. The van der Waals surface area contributed by atoms with Crippen molar-refractivity contribution in [3.05, 3.63) is 35.9 Å². The molecular formula is C12H18N2O. The van der Waals surface area contributed by atoms with Gasteiger partial charge < -0.3 is 11.1 Å². The van der Waals surface area contributed by atoms with Crippen molar-refractivity contribution in [2.24, 2.45) is 5.73 Å². The lowest BCUT2D eigenvalue weighted by Crippen LogP contribution is -2.45. The summed E-state index contributed by atoms with van der Waals surface area (Å²) < 4.78 is 0. The summed E-state index contributed by atoms with van der Waals surface area (Å²) >= 11 is 0. The maximum Gasteiger partial charge on any atom is 0.241 e. The minimum absolute atomic E-state index is 0.145. The molecular weight excluding hydrogens is 188 g/mol. The van der Waals surface area contributed by atoms with Crippen LogP contribution in [0.2, 0.25) is 0 Å². The molecule has 3 heteroatoms. The first kappa shape index (κ1) is 11.7. The molecule has 82 valence electrons. The average Bonchev–Trinajstić information content (AvgIpc) is 2.15. The molecule has 1 atom stereocenters. The van der Waals surface area contributed by atoms with E-state index in [1.165, 1.54) is 0 Å². The number of carbonyl (C=O) groups excluding carboxylic acids is 1. The largest absolute Gasteiger partial charge is 0.350 e. The molecule has 3 nitrogen and oxygen atoms in total. The van der Waals surface area contributed by atoms with Crippen molar-refractivity contribution in [3.63, 3.8) is 0 Å². The van der Waals surface area contributed by atoms with Gasteiger partial charge in [0.1, 0.15) is 6.04 Å². The summed E-state index contributed by atoms with van der Waals surface area (Å²) in [7, 11) is 0. The van der Waals surface area contributed by atoms with Gasteiger partial charge in [-0.05, 0) is 26.3 Å². The molecule has 1 amide bonds. The minimum atomic E-state index is -0.592. The lowest BCUT2D eigenvalue weighted by Gasteiger charge is -2.23. The summed E-state index contributed by atoms with van der Waals surface area (Å²) in [5.74, 6) is -0.145. The van der Waals surface area contributed by atoms with E-state index in [9.17, 15) is 4.79 Å². The Kier molecular flexibility index (Phi) is 3.48. The van der Waals surface area contributed by atoms with Crippen LogP contribution in [0, 0.1) is 0 Å². The van der Waals surface area contributed by atoms with Gasteiger partial charge in [-0.1, -0.05) is 30.3 Å². The highest BCUT2D eigenvalue weighted by atomic mass is 16.2. The zero-order valence-corrected chi connectivity index (χ0v) is 9.45. The molecule has 1 aromatic rings. The molecule has 0 aliphatic rings. The van der Waals surface area contributed by atoms with E-state index in [2.05, 4.69) is 5.32 Å². The van der Waals surface area contributed by atoms with Crippen molar-refractivity contribution in [2.75, 3.05) is 0 Å². The summed E-state index contributed by atoms with van der Waals surface area (Å²) in [5, 5.41) is 2.85. The van der Waals surface area contributed by atoms with E-state index < -0.39 is 6.04 Å². The van der Waals surface area contributed by atoms with Gasteiger partial charge >= 0.3 is 0 Å². The highest BCUT2D eigenvalue weighted by molar-refractivity contribution is 5.83. The zero-order chi connectivity index (χ0) is 11.5. The Bertz CT molecular complexity index is 327. The van der Waals surface area contributed by atoms with E-state index in [0.717, 1.165) is 5.56 Å². The van der Waals surface area contributed by atoms with Gasteiger partial charge in [0.15, 0.2) is 0 Å². The van der Waals surface area contributed by atoms with Gasteiger partial charge in [0, 0.05) is 5.54 Å². The Morgan fingerprint density at radius 1 is 1.27 bits per heavy atom. The molecule has 0 bridgehead atoms. The molecule has 0 unspecified atom stereocenters. The fourth-order valence-electron chi connectivity index (χ4n) is 1.26. The minimum Gasteiger partial charge on any atom is -0.350 e. The Morgan fingerprint density at radius 3 is 2.27 bits per heavy atom. The third-order valence-electron chi connectivity index (χ3n) is 1.94. The summed E-state index contributed by atoms with van der Waals surface area (Å²) in [4.78, 5) is 11.7. The molecule has 3 N–H and O–H groups in total. The van der Waals surface area contributed by atoms with E-state index in [4.69, 9.17) is 5.73 Å². The third kappa shape index (κ3) is 3.72. The van der Waals surface area contributed by atoms with Gasteiger partial charge in [0.2, 0.25) is 5.91 Å². The fraction of sp³-hybridized carbons (Fsp3) is 0.417. The maximum absolute atomic E-state index is 11.7. The number of hydrogen-bond donors (Lipinski definition) is 2. The number of amides is 1. The zero-order valence-electron chi connectivity index (χ0n) is 9.45. The van der Waals surface area contributed by atoms with Crippen LogP contribution in [0.25, 0.3) is 0 Å². The van der Waals surface area contributed by atoms with Gasteiger partial charge in [-0.3, -0.25) is 4.79 Å². The van der Waals surface area contributed by atoms with Crippen LogP contribution in [0.4, 0.5) is 0 Å². The van der Waals surface area contributed by atoms with Gasteiger partial charge in [0.25, 0.3) is 0 Å². The van der Waals surface area contributed by atoms with E-state index in [1.807, 2.05) is 51.1 Å². The number of hydrogen-bond acceptors (Lipinski definition) is 2. The molecule has 1 rings (SSSR count). The monoisotopic (exact) mass is 206 g/mol. The first-order valence-corrected chi connectivity index (χ1v) is 5.03. The van der Waals surface area contributed by atoms with Gasteiger partial charge in [0.05, 0.1) is 0 Å². The van der Waals surface area contributed by atoms with Crippen molar-refractivity contribution in [1.29, 1.82) is 0 Å². The molecule has 0 spiro atoms. The van der Waals surface area contributed by atoms with Gasteiger partial charge in [-0.15, -0.1) is 0 Å². The quantitative estimate of drug-likeness (QED) is 0.772. The first-order valence-electron chi connectivity index (χ1n) is 5.03. The first-order chi connectivity index (χ1) is 6.90. The summed E-state index contributed by atoms with van der Waals surface area (Å²) in [5.41, 5.74) is 6.42. The van der Waals surface area contributed by atoms with Crippen molar-refractivity contribution in [2.45, 2.75) is 32.4 Å². The van der Waals surface area contributed by atoms with Gasteiger partial charge in [-0.2, -0.15) is 0 Å². The van der Waals surface area contributed by atoms with Crippen LogP contribution in [-0.4, -0.2) is 11.4 Å². The molecule has 15 heavy (non-hydrogen) atoms. The second kappa shape index (κ2) is 4.45. The molecule has 0 heterocycles. The predicted molar refractivity (Wildman–Crippen MR) is 61.3 cm³/mol. The summed E-state index contributed by atoms with van der Waals surface area (Å²) in [6.45, 7) is 5.80. The van der Waals surface area contributed by atoms with Crippen LogP contribution >= 0.6 is 0 Å². The number of carbonyl (C=O) groups is 1. The molecule has 0 radical (unpaired) electrons. The Morgan fingerprint density at radius 2 is 1.80 bits per heavy atom. The van der Waals surface area contributed by atoms with E-state index in [0.29, 0.717) is 0 Å². The second-order valence-corrected chi connectivity index (χ2v) is 4.63. The fourth-order valence-corrected chi connectivity index (χ4v) is 1.26. The van der Waals surface area contributed by atoms with Crippen molar-refractivity contribution in [3.8, 4) is 0 Å². The molecule has 0 fully saturated rings. The number of nitrogens with one attached hydrogen (secondary N) is 1. The topological polar surface area (TPSA) is 55.1 Å². The van der Waals surface area contributed by atoms with Crippen LogP contribution in [0.15, 0.2) is 30.3 Å². The van der Waals surface area contributed by atoms with E-state index in [-0.39, 0.29) is 11.4 Å². The van der Waals surface area contributed by atoms with Crippen LogP contribution in [0.5, 0.6) is 0 Å². The van der Waals surface area contributed by atoms with Crippen molar-refractivity contribution >= 4 is 5.91 Å².